The van der Waals surface area contributed by atoms with E-state index in [4.69, 9.17) is 4.74 Å². The van der Waals surface area contributed by atoms with Gasteiger partial charge in [-0.1, -0.05) is 19.8 Å². The van der Waals surface area contributed by atoms with E-state index in [1.165, 1.54) is 83.7 Å². The van der Waals surface area contributed by atoms with Crippen LogP contribution >= 0.6 is 0 Å². The maximum Gasteiger partial charge on any atom is 0.317 e. The lowest BCUT2D eigenvalue weighted by atomic mass is 9.80. The van der Waals surface area contributed by atoms with Gasteiger partial charge in [0.15, 0.2) is 0 Å². The van der Waals surface area contributed by atoms with Crippen LogP contribution < -0.4 is 5.32 Å². The Hall–Kier alpha value is -0.810. The molecule has 0 bridgehead atoms. The van der Waals surface area contributed by atoms with Crippen molar-refractivity contribution in [3.05, 3.63) is 0 Å². The molecule has 2 aliphatic heterocycles. The van der Waals surface area contributed by atoms with E-state index < -0.39 is 0 Å². The molecule has 0 unspecified atom stereocenters. The second-order valence-corrected chi connectivity index (χ2v) is 10.0. The molecule has 0 radical (unpaired) electrons. The van der Waals surface area contributed by atoms with E-state index in [9.17, 15) is 4.79 Å². The van der Waals surface area contributed by atoms with E-state index in [1.54, 1.807) is 0 Å². The molecule has 29 heavy (non-hydrogen) atoms. The Morgan fingerprint density at radius 3 is 2.45 bits per heavy atom. The highest BCUT2D eigenvalue weighted by Crippen LogP contribution is 2.35. The van der Waals surface area contributed by atoms with E-state index in [1.807, 2.05) is 0 Å². The van der Waals surface area contributed by atoms with Crippen LogP contribution in [0.25, 0.3) is 0 Å². The Kier molecular flexibility index (Phi) is 7.74. The fraction of sp³-hybridized carbons (Fsp3) is 0.958. The molecule has 0 spiro atoms. The number of nitrogens with zero attached hydrogens (tertiary/aromatic N) is 2. The Balaban J connectivity index is 1.21. The molecule has 2 heterocycles. The summed E-state index contributed by atoms with van der Waals surface area (Å²) in [4.78, 5) is 17.7. The number of ether oxygens (including phenoxy) is 1. The van der Waals surface area contributed by atoms with Crippen molar-refractivity contribution < 1.29 is 9.53 Å². The second kappa shape index (κ2) is 10.5. The number of nitrogens with one attached hydrogen (secondary N) is 1. The van der Waals surface area contributed by atoms with Crippen molar-refractivity contribution in [3.8, 4) is 0 Å². The van der Waals surface area contributed by atoms with Gasteiger partial charge in [-0.05, 0) is 76.0 Å². The number of carbonyl (C=O) groups is 1. The van der Waals surface area contributed by atoms with Crippen molar-refractivity contribution in [1.29, 1.82) is 0 Å². The molecule has 2 amide bonds. The summed E-state index contributed by atoms with van der Waals surface area (Å²) in [5, 5.41) is 3.20. The van der Waals surface area contributed by atoms with Crippen LogP contribution in [0.2, 0.25) is 0 Å². The van der Waals surface area contributed by atoms with E-state index in [0.717, 1.165) is 38.1 Å². The van der Waals surface area contributed by atoms with Crippen LogP contribution in [0.1, 0.15) is 84.0 Å². The first-order valence-corrected chi connectivity index (χ1v) is 12.6. The van der Waals surface area contributed by atoms with Crippen molar-refractivity contribution in [1.82, 2.24) is 15.1 Å². The molecule has 4 fully saturated rings. The van der Waals surface area contributed by atoms with Crippen LogP contribution in [0.5, 0.6) is 0 Å². The van der Waals surface area contributed by atoms with Crippen LogP contribution in [-0.2, 0) is 4.74 Å². The third-order valence-corrected chi connectivity index (χ3v) is 8.22. The number of fused-ring (bicyclic) bond motifs is 1. The average molecular weight is 406 g/mol. The number of amides is 2. The summed E-state index contributed by atoms with van der Waals surface area (Å²) in [6.45, 7) is 7.32. The van der Waals surface area contributed by atoms with Gasteiger partial charge in [-0.15, -0.1) is 0 Å². The number of rotatable bonds is 7. The van der Waals surface area contributed by atoms with Crippen molar-refractivity contribution in [2.45, 2.75) is 102 Å². The largest absolute Gasteiger partial charge is 0.381 e. The summed E-state index contributed by atoms with van der Waals surface area (Å²) in [6.07, 6.45) is 15.4. The molecule has 2 saturated carbocycles. The molecule has 5 heteroatoms. The average Bonchev–Trinajstić information content (AvgIpc) is 2.77. The summed E-state index contributed by atoms with van der Waals surface area (Å²) < 4.78 is 5.70. The molecular weight excluding hydrogens is 362 g/mol. The van der Waals surface area contributed by atoms with Crippen LogP contribution in [-0.4, -0.2) is 66.8 Å². The molecule has 4 rings (SSSR count). The lowest BCUT2D eigenvalue weighted by molar-refractivity contribution is 0.0244. The minimum atomic E-state index is 0.220. The second-order valence-electron chi connectivity index (χ2n) is 10.0. The molecule has 0 aromatic carbocycles. The standard InChI is InChI=1S/C24H43N3O2/c1-2-16-29-17-13-19-7-9-21(10-8-19)26-14-11-22(12-15-26)27-23-6-4-3-5-20(23)18-25-24(27)28/h19-23H,2-18H2,1H3,(H,25,28)/t19?,20-,21?,23+/m1/s1. The summed E-state index contributed by atoms with van der Waals surface area (Å²) in [6, 6.07) is 1.97. The van der Waals surface area contributed by atoms with E-state index in [0.29, 0.717) is 18.0 Å². The van der Waals surface area contributed by atoms with Crippen LogP contribution in [0, 0.1) is 11.8 Å². The fourth-order valence-electron chi connectivity index (χ4n) is 6.51. The lowest BCUT2D eigenvalue weighted by Gasteiger charge is -2.50. The molecule has 4 aliphatic rings. The number of piperidine rings is 1. The number of hydrogen-bond acceptors (Lipinski definition) is 3. The maximum atomic E-state index is 12.7. The number of carbonyl (C=O) groups excluding carboxylic acids is 1. The predicted molar refractivity (Wildman–Crippen MR) is 117 cm³/mol. The number of urea groups is 1. The molecule has 0 aromatic heterocycles. The first kappa shape index (κ1) is 21.4. The topological polar surface area (TPSA) is 44.8 Å². The zero-order valence-corrected chi connectivity index (χ0v) is 18.6. The van der Waals surface area contributed by atoms with Crippen LogP contribution in [0.3, 0.4) is 0 Å². The van der Waals surface area contributed by atoms with E-state index in [2.05, 4.69) is 22.0 Å². The minimum absolute atomic E-state index is 0.220. The van der Waals surface area contributed by atoms with Crippen LogP contribution in [0.15, 0.2) is 0 Å². The van der Waals surface area contributed by atoms with Gasteiger partial charge in [-0.2, -0.15) is 0 Å². The Labute approximate surface area is 177 Å². The molecule has 1 N–H and O–H groups in total. The molecule has 5 nitrogen and oxygen atoms in total. The zero-order valence-electron chi connectivity index (χ0n) is 18.6. The van der Waals surface area contributed by atoms with Crippen LogP contribution in [0.4, 0.5) is 4.79 Å². The first-order chi connectivity index (χ1) is 14.3. The Bertz CT molecular complexity index is 512. The SMILES string of the molecule is CCCOCCC1CCC(N2CCC(N3C(=O)NC[C@H]4CCCC[C@@H]43)CC2)CC1. The maximum absolute atomic E-state index is 12.7. The van der Waals surface area contributed by atoms with E-state index in [-0.39, 0.29) is 6.03 Å². The van der Waals surface area contributed by atoms with Gasteiger partial charge in [0.1, 0.15) is 0 Å². The monoisotopic (exact) mass is 405 g/mol. The molecule has 2 saturated heterocycles. The molecule has 2 atom stereocenters. The van der Waals surface area contributed by atoms with E-state index >= 15 is 0 Å². The third kappa shape index (κ3) is 5.28. The Morgan fingerprint density at radius 1 is 0.931 bits per heavy atom. The van der Waals surface area contributed by atoms with Crippen molar-refractivity contribution >= 4 is 6.03 Å². The Morgan fingerprint density at radius 2 is 1.69 bits per heavy atom. The number of hydrogen-bond donors (Lipinski definition) is 1. The van der Waals surface area contributed by atoms with Gasteiger partial charge in [0, 0.05) is 51.0 Å². The highest BCUT2D eigenvalue weighted by molar-refractivity contribution is 5.76. The van der Waals surface area contributed by atoms with Gasteiger partial charge < -0.3 is 19.9 Å². The fourth-order valence-corrected chi connectivity index (χ4v) is 6.51. The van der Waals surface area contributed by atoms with Gasteiger partial charge in [0.2, 0.25) is 0 Å². The number of likely N-dealkylation sites (tertiary alicyclic amines) is 1. The summed E-state index contributed by atoms with van der Waals surface area (Å²) in [5.41, 5.74) is 0. The summed E-state index contributed by atoms with van der Waals surface area (Å²) in [7, 11) is 0. The van der Waals surface area contributed by atoms with Gasteiger partial charge in [-0.3, -0.25) is 0 Å². The van der Waals surface area contributed by atoms with Crippen molar-refractivity contribution in [2.75, 3.05) is 32.8 Å². The highest BCUT2D eigenvalue weighted by Gasteiger charge is 2.41. The molecule has 2 aliphatic carbocycles. The normalized spacial score (nSPS) is 34.7. The quantitative estimate of drug-likeness (QED) is 0.638. The van der Waals surface area contributed by atoms with Crippen molar-refractivity contribution in [3.63, 3.8) is 0 Å². The predicted octanol–water partition coefficient (Wildman–Crippen LogP) is 4.41. The minimum Gasteiger partial charge on any atom is -0.381 e. The third-order valence-electron chi connectivity index (χ3n) is 8.22. The van der Waals surface area contributed by atoms with Gasteiger partial charge in [-0.25, -0.2) is 4.79 Å². The summed E-state index contributed by atoms with van der Waals surface area (Å²) in [5.74, 6) is 1.57. The molecule has 0 aromatic rings. The first-order valence-electron chi connectivity index (χ1n) is 12.6. The van der Waals surface area contributed by atoms with Crippen molar-refractivity contribution in [2.24, 2.45) is 11.8 Å². The smallest absolute Gasteiger partial charge is 0.317 e. The summed E-state index contributed by atoms with van der Waals surface area (Å²) >= 11 is 0. The highest BCUT2D eigenvalue weighted by atomic mass is 16.5. The molecule has 166 valence electrons. The van der Waals surface area contributed by atoms with Gasteiger partial charge >= 0.3 is 6.03 Å². The van der Waals surface area contributed by atoms with Gasteiger partial charge in [0.25, 0.3) is 0 Å². The molecular formula is C24H43N3O2. The lowest BCUT2D eigenvalue weighted by Crippen LogP contribution is -2.63. The zero-order chi connectivity index (χ0) is 20.1. The van der Waals surface area contributed by atoms with Gasteiger partial charge in [0.05, 0.1) is 0 Å².